The Labute approximate surface area is 111 Å². The molecule has 0 fully saturated rings. The van der Waals surface area contributed by atoms with Crippen LogP contribution in [0.4, 0.5) is 0 Å². The quantitative estimate of drug-likeness (QED) is 0.737. The average Bonchev–Trinajstić information content (AvgIpc) is 2.30. The maximum absolute atomic E-state index is 10.9. The summed E-state index contributed by atoms with van der Waals surface area (Å²) in [7, 11) is 2.13. The summed E-state index contributed by atoms with van der Waals surface area (Å²) >= 11 is 0. The van der Waals surface area contributed by atoms with Crippen molar-refractivity contribution in [3.8, 4) is 0 Å². The fraction of sp³-hybridized carbons (Fsp3) is 0.562. The Bertz CT molecular complexity index is 398. The van der Waals surface area contributed by atoms with E-state index in [9.17, 15) is 4.79 Å². The summed E-state index contributed by atoms with van der Waals surface area (Å²) in [4.78, 5) is 13.2. The Morgan fingerprint density at radius 1 is 1.17 bits per heavy atom. The lowest BCUT2D eigenvalue weighted by atomic mass is 10.0. The van der Waals surface area contributed by atoms with E-state index >= 15 is 0 Å². The van der Waals surface area contributed by atoms with Gasteiger partial charge in [-0.2, -0.15) is 0 Å². The van der Waals surface area contributed by atoms with Crippen molar-refractivity contribution in [1.82, 2.24) is 4.90 Å². The van der Waals surface area contributed by atoms with Crippen molar-refractivity contribution >= 4 is 5.78 Å². The summed E-state index contributed by atoms with van der Waals surface area (Å²) in [6.45, 7) is 8.03. The smallest absolute Gasteiger partial charge is 0.129 e. The molecule has 0 amide bonds. The van der Waals surface area contributed by atoms with Gasteiger partial charge in [-0.15, -0.1) is 0 Å². The van der Waals surface area contributed by atoms with Crippen LogP contribution in [0.15, 0.2) is 18.2 Å². The van der Waals surface area contributed by atoms with Gasteiger partial charge in [0.05, 0.1) is 0 Å². The molecule has 0 saturated carbocycles. The zero-order valence-electron chi connectivity index (χ0n) is 12.1. The van der Waals surface area contributed by atoms with Crippen LogP contribution in [0.2, 0.25) is 0 Å². The molecule has 1 aromatic carbocycles. The van der Waals surface area contributed by atoms with Crippen molar-refractivity contribution in [3.63, 3.8) is 0 Å². The number of nitrogens with zero attached hydrogens (tertiary/aromatic N) is 1. The molecule has 0 radical (unpaired) electrons. The Balaban J connectivity index is 2.31. The van der Waals surface area contributed by atoms with Crippen LogP contribution in [0.5, 0.6) is 0 Å². The molecule has 2 nitrogen and oxygen atoms in total. The molecule has 0 unspecified atom stereocenters. The van der Waals surface area contributed by atoms with Crippen LogP contribution in [-0.2, 0) is 11.2 Å². The Morgan fingerprint density at radius 3 is 2.50 bits per heavy atom. The topological polar surface area (TPSA) is 20.3 Å². The number of ketones is 1. The van der Waals surface area contributed by atoms with E-state index in [0.29, 0.717) is 6.42 Å². The van der Waals surface area contributed by atoms with Crippen molar-refractivity contribution in [3.05, 3.63) is 34.9 Å². The third kappa shape index (κ3) is 5.46. The van der Waals surface area contributed by atoms with E-state index in [-0.39, 0.29) is 5.78 Å². The number of carbonyl (C=O) groups is 1. The van der Waals surface area contributed by atoms with E-state index in [0.717, 1.165) is 25.9 Å². The number of hydrogen-bond donors (Lipinski definition) is 0. The second kappa shape index (κ2) is 7.32. The molecule has 0 heterocycles. The zero-order valence-corrected chi connectivity index (χ0v) is 12.1. The molecule has 0 aliphatic rings. The summed E-state index contributed by atoms with van der Waals surface area (Å²) in [5.74, 6) is 0.289. The van der Waals surface area contributed by atoms with Gasteiger partial charge in [0.1, 0.15) is 5.78 Å². The first kappa shape index (κ1) is 14.9. The third-order valence-corrected chi connectivity index (χ3v) is 3.42. The maximum atomic E-state index is 10.9. The predicted octanol–water partition coefficient (Wildman–Crippen LogP) is 3.15. The zero-order chi connectivity index (χ0) is 13.5. The third-order valence-electron chi connectivity index (χ3n) is 3.42. The summed E-state index contributed by atoms with van der Waals surface area (Å²) in [6.07, 6.45) is 2.75. The molecule has 0 atom stereocenters. The molecule has 1 rings (SSSR count). The lowest BCUT2D eigenvalue weighted by Gasteiger charge is -2.16. The highest BCUT2D eigenvalue weighted by molar-refractivity contribution is 5.75. The predicted molar refractivity (Wildman–Crippen MR) is 77.0 cm³/mol. The second-order valence-electron chi connectivity index (χ2n) is 5.28. The van der Waals surface area contributed by atoms with Crippen molar-refractivity contribution in [2.45, 2.75) is 40.0 Å². The van der Waals surface area contributed by atoms with Gasteiger partial charge < -0.3 is 9.69 Å². The molecule has 0 aromatic heterocycles. The van der Waals surface area contributed by atoms with Crippen molar-refractivity contribution in [1.29, 1.82) is 0 Å². The van der Waals surface area contributed by atoms with Gasteiger partial charge >= 0.3 is 0 Å². The molecule has 0 bridgehead atoms. The highest BCUT2D eigenvalue weighted by atomic mass is 16.1. The summed E-state index contributed by atoms with van der Waals surface area (Å²) < 4.78 is 0. The molecule has 1 aromatic rings. The van der Waals surface area contributed by atoms with Crippen LogP contribution in [0.25, 0.3) is 0 Å². The van der Waals surface area contributed by atoms with Gasteiger partial charge in [-0.25, -0.2) is 0 Å². The highest BCUT2D eigenvalue weighted by Crippen LogP contribution is 2.10. The molecular weight excluding hydrogens is 222 g/mol. The Morgan fingerprint density at radius 2 is 1.89 bits per heavy atom. The van der Waals surface area contributed by atoms with Crippen molar-refractivity contribution in [2.24, 2.45) is 0 Å². The Hall–Kier alpha value is -1.15. The first-order chi connectivity index (χ1) is 8.49. The number of rotatable bonds is 7. The number of likely N-dealkylation sites (N-methyl/N-ethyl adjacent to an activating group) is 1. The van der Waals surface area contributed by atoms with E-state index in [1.807, 2.05) is 0 Å². The molecule has 2 heteroatoms. The first-order valence-corrected chi connectivity index (χ1v) is 6.73. The van der Waals surface area contributed by atoms with Gasteiger partial charge in [0, 0.05) is 13.0 Å². The van der Waals surface area contributed by atoms with Gasteiger partial charge in [0.15, 0.2) is 0 Å². The Kier molecular flexibility index (Phi) is 6.06. The molecule has 18 heavy (non-hydrogen) atoms. The average molecular weight is 247 g/mol. The lowest BCUT2D eigenvalue weighted by Crippen LogP contribution is -2.22. The first-order valence-electron chi connectivity index (χ1n) is 6.73. The van der Waals surface area contributed by atoms with E-state index in [1.165, 1.54) is 16.7 Å². The summed E-state index contributed by atoms with van der Waals surface area (Å²) in [5.41, 5.74) is 4.12. The fourth-order valence-electron chi connectivity index (χ4n) is 1.99. The highest BCUT2D eigenvalue weighted by Gasteiger charge is 2.02. The van der Waals surface area contributed by atoms with Gasteiger partial charge in [-0.3, -0.25) is 0 Å². The van der Waals surface area contributed by atoms with E-state index in [4.69, 9.17) is 0 Å². The minimum atomic E-state index is 0.289. The van der Waals surface area contributed by atoms with Crippen LogP contribution in [0.1, 0.15) is 36.5 Å². The molecular formula is C16H25NO. The summed E-state index contributed by atoms with van der Waals surface area (Å²) in [6, 6.07) is 6.69. The molecule has 100 valence electrons. The van der Waals surface area contributed by atoms with Gasteiger partial charge in [-0.1, -0.05) is 18.2 Å². The number of carbonyl (C=O) groups excluding carboxylic acids is 1. The van der Waals surface area contributed by atoms with Gasteiger partial charge in [0.2, 0.25) is 0 Å². The van der Waals surface area contributed by atoms with Crippen LogP contribution < -0.4 is 0 Å². The van der Waals surface area contributed by atoms with E-state index in [1.54, 1.807) is 6.92 Å². The van der Waals surface area contributed by atoms with Crippen LogP contribution in [0.3, 0.4) is 0 Å². The molecule has 0 N–H and O–H groups in total. The molecule has 0 saturated heterocycles. The van der Waals surface area contributed by atoms with E-state index < -0.39 is 0 Å². The molecule has 0 spiro atoms. The monoisotopic (exact) mass is 247 g/mol. The standard InChI is InChI=1S/C16H25NO/c1-13-7-8-16(12-14(13)2)9-11-17(4)10-5-6-15(3)18/h7-8,12H,5-6,9-11H2,1-4H3. The summed E-state index contributed by atoms with van der Waals surface area (Å²) in [5, 5.41) is 0. The van der Waals surface area contributed by atoms with Gasteiger partial charge in [0.25, 0.3) is 0 Å². The van der Waals surface area contributed by atoms with Crippen LogP contribution >= 0.6 is 0 Å². The lowest BCUT2D eigenvalue weighted by molar-refractivity contribution is -0.117. The van der Waals surface area contributed by atoms with Crippen molar-refractivity contribution in [2.75, 3.05) is 20.1 Å². The normalized spacial score (nSPS) is 10.9. The minimum absolute atomic E-state index is 0.289. The molecule has 0 aliphatic heterocycles. The van der Waals surface area contributed by atoms with E-state index in [2.05, 4.69) is 44.0 Å². The number of aryl methyl sites for hydroxylation is 2. The molecule has 0 aliphatic carbocycles. The largest absolute Gasteiger partial charge is 0.306 e. The van der Waals surface area contributed by atoms with Crippen molar-refractivity contribution < 1.29 is 4.79 Å². The van der Waals surface area contributed by atoms with Crippen LogP contribution in [-0.4, -0.2) is 30.8 Å². The fourth-order valence-corrected chi connectivity index (χ4v) is 1.99. The number of benzene rings is 1. The second-order valence-corrected chi connectivity index (χ2v) is 5.28. The number of Topliss-reactive ketones (excluding diaryl/α,β-unsaturated/α-hetero) is 1. The number of hydrogen-bond acceptors (Lipinski definition) is 2. The SMILES string of the molecule is CC(=O)CCCN(C)CCc1ccc(C)c(C)c1. The van der Waals surface area contributed by atoms with Gasteiger partial charge in [-0.05, 0) is 63.9 Å². The maximum Gasteiger partial charge on any atom is 0.129 e. The van der Waals surface area contributed by atoms with Crippen LogP contribution in [0, 0.1) is 13.8 Å². The minimum Gasteiger partial charge on any atom is -0.306 e.